The van der Waals surface area contributed by atoms with Gasteiger partial charge in [-0.15, -0.1) is 4.40 Å². The van der Waals surface area contributed by atoms with Crippen LogP contribution in [0.1, 0.15) is 36.3 Å². The number of nitrogens with one attached hydrogen (secondary N) is 1. The molecule has 35 heavy (non-hydrogen) atoms. The van der Waals surface area contributed by atoms with Gasteiger partial charge in [-0.1, -0.05) is 60.5 Å². The van der Waals surface area contributed by atoms with E-state index in [1.807, 2.05) is 61.5 Å². The molecule has 1 fully saturated rings. The van der Waals surface area contributed by atoms with Crippen LogP contribution in [0.2, 0.25) is 5.02 Å². The van der Waals surface area contributed by atoms with Gasteiger partial charge in [-0.05, 0) is 50.2 Å². The van der Waals surface area contributed by atoms with E-state index in [1.54, 1.807) is 5.01 Å². The Bertz CT molecular complexity index is 1150. The number of likely N-dealkylation sites (N-methyl/N-ethyl adjacent to an activating group) is 1. The molecular weight excluding hydrogens is 484 g/mol. The number of hydrazone groups is 1. The molecule has 0 radical (unpaired) electrons. The molecule has 0 bridgehead atoms. The second kappa shape index (κ2) is 11.5. The normalized spacial score (nSPS) is 19.8. The van der Waals surface area contributed by atoms with Crippen molar-refractivity contribution in [2.45, 2.75) is 25.2 Å². The zero-order valence-corrected chi connectivity index (χ0v) is 21.8. The van der Waals surface area contributed by atoms with Crippen LogP contribution in [0.25, 0.3) is 0 Å². The minimum Gasteiger partial charge on any atom is -0.353 e. The Morgan fingerprint density at radius 3 is 2.43 bits per heavy atom. The second-order valence-corrected chi connectivity index (χ2v) is 11.2. The first kappa shape index (κ1) is 25.6. The standard InChI is InChI=1S/C25H33ClN6O2S/c1-30(2)18-15-27-25(29-35(33,34)31-16-7-4-8-17-31)32-19-23(20-9-5-3-6-10-20)24(28-32)21-11-13-22(26)14-12-21/h3,5-6,9-14,23H,4,7-8,15-19H2,1-2H3,(H,27,29). The van der Waals surface area contributed by atoms with Gasteiger partial charge in [0, 0.05) is 37.1 Å². The summed E-state index contributed by atoms with van der Waals surface area (Å²) in [5.41, 5.74) is 2.90. The number of halogens is 1. The number of piperidine rings is 1. The Hall–Kier alpha value is -2.46. The van der Waals surface area contributed by atoms with Crippen molar-refractivity contribution in [3.63, 3.8) is 0 Å². The van der Waals surface area contributed by atoms with Crippen molar-refractivity contribution < 1.29 is 8.42 Å². The van der Waals surface area contributed by atoms with E-state index in [0.717, 1.165) is 42.6 Å². The predicted octanol–water partition coefficient (Wildman–Crippen LogP) is 3.38. The van der Waals surface area contributed by atoms with Crippen LogP contribution in [0.5, 0.6) is 0 Å². The lowest BCUT2D eigenvalue weighted by Crippen LogP contribution is -2.43. The highest BCUT2D eigenvalue weighted by atomic mass is 35.5. The van der Waals surface area contributed by atoms with Gasteiger partial charge in [-0.2, -0.15) is 17.8 Å². The average molecular weight is 517 g/mol. The van der Waals surface area contributed by atoms with Crippen LogP contribution in [-0.2, 0) is 10.2 Å². The zero-order valence-electron chi connectivity index (χ0n) is 20.3. The fraction of sp³-hybridized carbons (Fsp3) is 0.440. The van der Waals surface area contributed by atoms with Crippen LogP contribution < -0.4 is 5.32 Å². The van der Waals surface area contributed by atoms with Crippen molar-refractivity contribution >= 4 is 33.5 Å². The van der Waals surface area contributed by atoms with Gasteiger partial charge in [0.05, 0.1) is 12.3 Å². The summed E-state index contributed by atoms with van der Waals surface area (Å²) in [6, 6.07) is 17.7. The molecule has 0 amide bonds. The van der Waals surface area contributed by atoms with Crippen LogP contribution in [-0.4, -0.2) is 81.1 Å². The lowest BCUT2D eigenvalue weighted by molar-refractivity contribution is 0.346. The third-order valence-electron chi connectivity index (χ3n) is 6.19. The zero-order chi connectivity index (χ0) is 24.8. The van der Waals surface area contributed by atoms with E-state index in [1.165, 1.54) is 4.31 Å². The molecule has 2 aromatic rings. The quantitative estimate of drug-likeness (QED) is 0.451. The van der Waals surface area contributed by atoms with Crippen LogP contribution >= 0.6 is 11.6 Å². The number of hydrogen-bond donors (Lipinski definition) is 1. The molecule has 188 valence electrons. The topological polar surface area (TPSA) is 80.6 Å². The highest BCUT2D eigenvalue weighted by Crippen LogP contribution is 2.29. The SMILES string of the molecule is CN(C)CCN/C(=N\S(=O)(=O)N1CCCCC1)N1CC(c2ccccc2)C(c2ccc(Cl)cc2)=N1. The number of benzene rings is 2. The van der Waals surface area contributed by atoms with Gasteiger partial charge in [0.15, 0.2) is 0 Å². The molecule has 0 saturated carbocycles. The fourth-order valence-electron chi connectivity index (χ4n) is 4.29. The maximum Gasteiger partial charge on any atom is 0.325 e. The van der Waals surface area contributed by atoms with Gasteiger partial charge in [-0.25, -0.2) is 5.01 Å². The molecule has 2 aliphatic rings. The van der Waals surface area contributed by atoms with Crippen LogP contribution in [0.4, 0.5) is 0 Å². The van der Waals surface area contributed by atoms with Crippen molar-refractivity contribution in [2.24, 2.45) is 9.50 Å². The monoisotopic (exact) mass is 516 g/mol. The Balaban J connectivity index is 1.70. The van der Waals surface area contributed by atoms with Gasteiger partial charge < -0.3 is 10.2 Å². The van der Waals surface area contributed by atoms with Crippen molar-refractivity contribution in [1.82, 2.24) is 19.5 Å². The average Bonchev–Trinajstić information content (AvgIpc) is 3.30. The molecular formula is C25H33ClN6O2S. The third-order valence-corrected chi connectivity index (χ3v) is 7.86. The minimum atomic E-state index is -3.82. The first-order valence-electron chi connectivity index (χ1n) is 12.0. The lowest BCUT2D eigenvalue weighted by Gasteiger charge is -2.25. The Labute approximate surface area is 213 Å². The second-order valence-electron chi connectivity index (χ2n) is 9.12. The summed E-state index contributed by atoms with van der Waals surface area (Å²) in [4.78, 5) is 2.03. The Morgan fingerprint density at radius 2 is 1.77 bits per heavy atom. The Kier molecular flexibility index (Phi) is 8.43. The van der Waals surface area contributed by atoms with Gasteiger partial charge in [0.25, 0.3) is 0 Å². The molecule has 10 heteroatoms. The van der Waals surface area contributed by atoms with Gasteiger partial charge >= 0.3 is 10.2 Å². The third kappa shape index (κ3) is 6.61. The maximum absolute atomic E-state index is 13.2. The molecule has 0 aromatic heterocycles. The van der Waals surface area contributed by atoms with E-state index in [2.05, 4.69) is 21.8 Å². The fourth-order valence-corrected chi connectivity index (χ4v) is 5.63. The molecule has 1 N–H and O–H groups in total. The first-order valence-corrected chi connectivity index (χ1v) is 13.8. The van der Waals surface area contributed by atoms with E-state index in [9.17, 15) is 8.42 Å². The van der Waals surface area contributed by atoms with Gasteiger partial charge in [0.1, 0.15) is 0 Å². The molecule has 0 aliphatic carbocycles. The van der Waals surface area contributed by atoms with Crippen LogP contribution in [0.3, 0.4) is 0 Å². The largest absolute Gasteiger partial charge is 0.353 e. The number of guanidine groups is 1. The van der Waals surface area contributed by atoms with E-state index >= 15 is 0 Å². The summed E-state index contributed by atoms with van der Waals surface area (Å²) >= 11 is 6.13. The molecule has 8 nitrogen and oxygen atoms in total. The first-order chi connectivity index (χ1) is 16.8. The molecule has 0 spiro atoms. The highest BCUT2D eigenvalue weighted by molar-refractivity contribution is 7.87. The van der Waals surface area contributed by atoms with Crippen LogP contribution in [0, 0.1) is 0 Å². The summed E-state index contributed by atoms with van der Waals surface area (Å²) < 4.78 is 32.1. The number of nitrogens with zero attached hydrogens (tertiary/aromatic N) is 5. The molecule has 4 rings (SSSR count). The number of hydrogen-bond acceptors (Lipinski definition) is 4. The smallest absolute Gasteiger partial charge is 0.325 e. The Morgan fingerprint density at radius 1 is 1.09 bits per heavy atom. The van der Waals surface area contributed by atoms with Crippen molar-refractivity contribution in [2.75, 3.05) is 46.8 Å². The molecule has 1 saturated heterocycles. The molecule has 2 aromatic carbocycles. The summed E-state index contributed by atoms with van der Waals surface area (Å²) in [7, 11) is 0.123. The van der Waals surface area contributed by atoms with Crippen molar-refractivity contribution in [3.8, 4) is 0 Å². The number of rotatable bonds is 7. The molecule has 2 heterocycles. The highest BCUT2D eigenvalue weighted by Gasteiger charge is 2.33. The molecule has 2 aliphatic heterocycles. The minimum absolute atomic E-state index is 0.0454. The maximum atomic E-state index is 13.2. The van der Waals surface area contributed by atoms with Gasteiger partial charge in [-0.3, -0.25) is 0 Å². The van der Waals surface area contributed by atoms with E-state index in [-0.39, 0.29) is 11.9 Å². The summed E-state index contributed by atoms with van der Waals surface area (Å²) in [6.45, 7) is 2.75. The van der Waals surface area contributed by atoms with E-state index < -0.39 is 10.2 Å². The van der Waals surface area contributed by atoms with E-state index in [4.69, 9.17) is 16.7 Å². The molecule has 1 unspecified atom stereocenters. The predicted molar refractivity (Wildman–Crippen MR) is 142 cm³/mol. The van der Waals surface area contributed by atoms with Crippen LogP contribution in [0.15, 0.2) is 64.1 Å². The van der Waals surface area contributed by atoms with Crippen molar-refractivity contribution in [1.29, 1.82) is 0 Å². The molecule has 1 atom stereocenters. The van der Waals surface area contributed by atoms with Crippen molar-refractivity contribution in [3.05, 3.63) is 70.7 Å². The van der Waals surface area contributed by atoms with E-state index in [0.29, 0.717) is 31.2 Å². The summed E-state index contributed by atoms with van der Waals surface area (Å²) in [5, 5.41) is 10.5. The summed E-state index contributed by atoms with van der Waals surface area (Å²) in [5.74, 6) is 0.207. The summed E-state index contributed by atoms with van der Waals surface area (Å²) in [6.07, 6.45) is 2.76. The lowest BCUT2D eigenvalue weighted by atomic mass is 9.91. The van der Waals surface area contributed by atoms with Gasteiger partial charge in [0.2, 0.25) is 5.96 Å².